The number of unbranched alkanes of at least 4 members (excludes halogenated alkanes) is 2. The highest BCUT2D eigenvalue weighted by molar-refractivity contribution is 5.87. The highest BCUT2D eigenvalue weighted by atomic mass is 16.5. The van der Waals surface area contributed by atoms with Crippen molar-refractivity contribution in [1.29, 1.82) is 0 Å². The van der Waals surface area contributed by atoms with Gasteiger partial charge in [-0.3, -0.25) is 4.79 Å². The number of ether oxygens (including phenoxy) is 1. The van der Waals surface area contributed by atoms with E-state index in [4.69, 9.17) is 0 Å². The minimum atomic E-state index is -0.416. The lowest BCUT2D eigenvalue weighted by Gasteiger charge is -2.05. The minimum Gasteiger partial charge on any atom is -0.469 e. The standard InChI is InChI=1S/C9H13O3/c1-8(9(11)12-2)6-4-3-5-7-10/h6-7H,1,3-5H2,2H3. The Hall–Kier alpha value is -0.860. The summed E-state index contributed by atoms with van der Waals surface area (Å²) >= 11 is 0. The number of aldehydes is 1. The minimum absolute atomic E-state index is 0.350. The molecule has 3 nitrogen and oxygen atoms in total. The van der Waals surface area contributed by atoms with Crippen molar-refractivity contribution in [3.63, 3.8) is 0 Å². The van der Waals surface area contributed by atoms with Gasteiger partial charge in [0, 0.05) is 6.42 Å². The van der Waals surface area contributed by atoms with Gasteiger partial charge in [0.05, 0.1) is 13.0 Å². The van der Waals surface area contributed by atoms with E-state index in [1.807, 2.05) is 0 Å². The first-order valence-electron chi connectivity index (χ1n) is 3.76. The lowest BCUT2D eigenvalue weighted by molar-refractivity contribution is -0.137. The molecule has 3 radical (unpaired) electrons. The second-order valence-corrected chi connectivity index (χ2v) is 2.32. The van der Waals surface area contributed by atoms with E-state index < -0.39 is 5.97 Å². The van der Waals surface area contributed by atoms with E-state index in [0.29, 0.717) is 18.8 Å². The first-order chi connectivity index (χ1) is 5.72. The van der Waals surface area contributed by atoms with E-state index >= 15 is 0 Å². The van der Waals surface area contributed by atoms with Crippen LogP contribution in [0.3, 0.4) is 0 Å². The van der Waals surface area contributed by atoms with Crippen LogP contribution in [-0.4, -0.2) is 19.4 Å². The van der Waals surface area contributed by atoms with Crippen LogP contribution < -0.4 is 0 Å². The molecule has 0 atom stereocenters. The average molecular weight is 169 g/mol. The van der Waals surface area contributed by atoms with Gasteiger partial charge in [0.1, 0.15) is 6.29 Å². The SMILES string of the molecule is [CH2][C]([CH]CCCC=O)C(=O)OC. The molecule has 0 aromatic rings. The van der Waals surface area contributed by atoms with Crippen molar-refractivity contribution in [2.75, 3.05) is 7.11 Å². The summed E-state index contributed by atoms with van der Waals surface area (Å²) in [4.78, 5) is 20.7. The smallest absolute Gasteiger partial charge is 0.313 e. The molecular formula is C9H13O3. The third-order valence-corrected chi connectivity index (χ3v) is 1.36. The fourth-order valence-electron chi connectivity index (χ4n) is 0.692. The quantitative estimate of drug-likeness (QED) is 0.340. The maximum atomic E-state index is 10.8. The molecule has 3 heteroatoms. The second kappa shape index (κ2) is 6.83. The average Bonchev–Trinajstić information content (AvgIpc) is 2.10. The van der Waals surface area contributed by atoms with Gasteiger partial charge in [0.15, 0.2) is 0 Å². The summed E-state index contributed by atoms with van der Waals surface area (Å²) in [5.41, 5.74) is 0. The van der Waals surface area contributed by atoms with Crippen LogP contribution in [-0.2, 0) is 14.3 Å². The van der Waals surface area contributed by atoms with Crippen molar-refractivity contribution < 1.29 is 14.3 Å². The number of esters is 1. The lowest BCUT2D eigenvalue weighted by Crippen LogP contribution is -2.11. The number of hydrogen-bond acceptors (Lipinski definition) is 3. The molecule has 0 heterocycles. The summed E-state index contributed by atoms with van der Waals surface area (Å²) in [5.74, 6) is -0.0653. The predicted octanol–water partition coefficient (Wildman–Crippen LogP) is 1.14. The molecule has 0 unspecified atom stereocenters. The van der Waals surface area contributed by atoms with Gasteiger partial charge in [-0.1, -0.05) is 0 Å². The van der Waals surface area contributed by atoms with E-state index in [9.17, 15) is 9.59 Å². The van der Waals surface area contributed by atoms with Crippen molar-refractivity contribution in [3.8, 4) is 0 Å². The molecule has 0 rings (SSSR count). The Kier molecular flexibility index (Phi) is 6.34. The van der Waals surface area contributed by atoms with Crippen LogP contribution in [0.15, 0.2) is 0 Å². The molecule has 0 aliphatic carbocycles. The van der Waals surface area contributed by atoms with Gasteiger partial charge >= 0.3 is 5.97 Å². The zero-order chi connectivity index (χ0) is 9.40. The molecule has 0 spiro atoms. The van der Waals surface area contributed by atoms with Crippen LogP contribution in [0.2, 0.25) is 0 Å². The number of carbonyl (C=O) groups excluding carboxylic acids is 2. The van der Waals surface area contributed by atoms with Crippen molar-refractivity contribution in [1.82, 2.24) is 0 Å². The van der Waals surface area contributed by atoms with Crippen molar-refractivity contribution in [2.24, 2.45) is 0 Å². The van der Waals surface area contributed by atoms with E-state index in [2.05, 4.69) is 11.7 Å². The molecule has 0 saturated heterocycles. The van der Waals surface area contributed by atoms with Crippen molar-refractivity contribution in [3.05, 3.63) is 19.3 Å². The van der Waals surface area contributed by atoms with Gasteiger partial charge in [0.2, 0.25) is 0 Å². The number of methoxy groups -OCH3 is 1. The summed E-state index contributed by atoms with van der Waals surface area (Å²) in [6.07, 6.45) is 4.49. The molecule has 0 bridgehead atoms. The second-order valence-electron chi connectivity index (χ2n) is 2.32. The molecule has 0 amide bonds. The Morgan fingerprint density at radius 1 is 1.50 bits per heavy atom. The summed E-state index contributed by atoms with van der Waals surface area (Å²) in [7, 11) is 1.31. The highest BCUT2D eigenvalue weighted by Crippen LogP contribution is 2.10. The third-order valence-electron chi connectivity index (χ3n) is 1.36. The fourth-order valence-corrected chi connectivity index (χ4v) is 0.692. The summed E-state index contributed by atoms with van der Waals surface area (Å²) in [6.45, 7) is 3.50. The number of rotatable bonds is 6. The van der Waals surface area contributed by atoms with Crippen LogP contribution in [0.4, 0.5) is 0 Å². The van der Waals surface area contributed by atoms with Crippen LogP contribution in [0.25, 0.3) is 0 Å². The fraction of sp³-hybridized carbons (Fsp3) is 0.444. The first kappa shape index (κ1) is 11.1. The maximum absolute atomic E-state index is 10.8. The Bertz CT molecular complexity index is 143. The Balaban J connectivity index is 3.36. The topological polar surface area (TPSA) is 43.4 Å². The highest BCUT2D eigenvalue weighted by Gasteiger charge is 2.13. The Labute approximate surface area is 73.1 Å². The van der Waals surface area contributed by atoms with Gasteiger partial charge in [-0.25, -0.2) is 0 Å². The lowest BCUT2D eigenvalue weighted by atomic mass is 10.0. The normalized spacial score (nSPS) is 9.92. The van der Waals surface area contributed by atoms with Crippen LogP contribution in [0.5, 0.6) is 0 Å². The van der Waals surface area contributed by atoms with E-state index in [0.717, 1.165) is 12.7 Å². The first-order valence-corrected chi connectivity index (χ1v) is 3.76. The molecule has 67 valence electrons. The van der Waals surface area contributed by atoms with Gasteiger partial charge in [-0.2, -0.15) is 0 Å². The number of carbonyl (C=O) groups is 2. The zero-order valence-electron chi connectivity index (χ0n) is 7.21. The van der Waals surface area contributed by atoms with Crippen molar-refractivity contribution in [2.45, 2.75) is 19.3 Å². The Morgan fingerprint density at radius 2 is 2.17 bits per heavy atom. The summed E-state index contributed by atoms with van der Waals surface area (Å²) in [5, 5.41) is 0. The molecule has 0 N–H and O–H groups in total. The monoisotopic (exact) mass is 169 g/mol. The molecule has 0 aliphatic rings. The van der Waals surface area contributed by atoms with E-state index in [1.165, 1.54) is 7.11 Å². The van der Waals surface area contributed by atoms with E-state index in [-0.39, 0.29) is 0 Å². The predicted molar refractivity (Wildman–Crippen MR) is 44.8 cm³/mol. The van der Waals surface area contributed by atoms with Gasteiger partial charge in [-0.05, 0) is 26.2 Å². The zero-order valence-corrected chi connectivity index (χ0v) is 7.21. The molecule has 0 saturated carbocycles. The summed E-state index contributed by atoms with van der Waals surface area (Å²) in [6, 6.07) is 0. The van der Waals surface area contributed by atoms with Gasteiger partial charge in [-0.15, -0.1) is 0 Å². The van der Waals surface area contributed by atoms with Crippen LogP contribution in [0.1, 0.15) is 19.3 Å². The van der Waals surface area contributed by atoms with Crippen LogP contribution >= 0.6 is 0 Å². The molecule has 0 aliphatic heterocycles. The van der Waals surface area contributed by atoms with Gasteiger partial charge < -0.3 is 9.53 Å². The van der Waals surface area contributed by atoms with Crippen LogP contribution in [0, 0.1) is 19.3 Å². The third kappa shape index (κ3) is 4.88. The summed E-state index contributed by atoms with van der Waals surface area (Å²) < 4.78 is 4.43. The van der Waals surface area contributed by atoms with E-state index in [1.54, 1.807) is 6.42 Å². The molecular weight excluding hydrogens is 156 g/mol. The number of hydrogen-bond donors (Lipinski definition) is 0. The van der Waals surface area contributed by atoms with Gasteiger partial charge in [0.25, 0.3) is 0 Å². The Morgan fingerprint density at radius 3 is 2.67 bits per heavy atom. The largest absolute Gasteiger partial charge is 0.469 e. The molecule has 12 heavy (non-hydrogen) atoms. The van der Waals surface area contributed by atoms with Crippen molar-refractivity contribution >= 4 is 12.3 Å². The maximum Gasteiger partial charge on any atom is 0.313 e. The molecule has 0 fully saturated rings. The molecule has 0 aromatic heterocycles. The molecule has 0 aromatic carbocycles.